The summed E-state index contributed by atoms with van der Waals surface area (Å²) in [5.74, 6) is 3.86. The first kappa shape index (κ1) is 21.0. The number of hydrogen-bond acceptors (Lipinski definition) is 2. The molecule has 1 saturated carbocycles. The van der Waals surface area contributed by atoms with Crippen LogP contribution in [0.3, 0.4) is 0 Å². The monoisotopic (exact) mass is 440 g/mol. The number of fused-ring (bicyclic) bond motifs is 7. The summed E-state index contributed by atoms with van der Waals surface area (Å²) in [5, 5.41) is 5.13. The number of nitrogens with zero attached hydrogens (tertiary/aromatic N) is 2. The third kappa shape index (κ3) is 3.61. The zero-order valence-electron chi connectivity index (χ0n) is 20.3. The van der Waals surface area contributed by atoms with Gasteiger partial charge in [-0.1, -0.05) is 57.2 Å². The number of aromatic nitrogens is 2. The predicted molar refractivity (Wildman–Crippen MR) is 133 cm³/mol. The molecule has 2 aromatic carbocycles. The van der Waals surface area contributed by atoms with Crippen molar-refractivity contribution in [1.82, 2.24) is 9.78 Å². The van der Waals surface area contributed by atoms with Crippen LogP contribution in [0.2, 0.25) is 0 Å². The van der Waals surface area contributed by atoms with Crippen LogP contribution >= 0.6 is 0 Å². The van der Waals surface area contributed by atoms with Crippen molar-refractivity contribution in [3.63, 3.8) is 0 Å². The zero-order chi connectivity index (χ0) is 22.6. The molecule has 3 nitrogen and oxygen atoms in total. The highest BCUT2D eigenvalue weighted by Gasteiger charge is 2.54. The van der Waals surface area contributed by atoms with E-state index >= 15 is 0 Å². The van der Waals surface area contributed by atoms with E-state index in [2.05, 4.69) is 80.2 Å². The maximum Gasteiger partial charge on any atom is 0.120 e. The molecule has 0 saturated heterocycles. The highest BCUT2D eigenvalue weighted by molar-refractivity contribution is 5.43. The first-order valence-corrected chi connectivity index (χ1v) is 12.9. The van der Waals surface area contributed by atoms with Gasteiger partial charge in [-0.25, -0.2) is 0 Å². The zero-order valence-corrected chi connectivity index (χ0v) is 20.3. The van der Waals surface area contributed by atoms with Crippen LogP contribution < -0.4 is 4.74 Å². The third-order valence-electron chi connectivity index (χ3n) is 8.71. The van der Waals surface area contributed by atoms with Gasteiger partial charge in [-0.3, -0.25) is 4.68 Å². The molecule has 33 heavy (non-hydrogen) atoms. The number of rotatable bonds is 5. The fraction of sp³-hybridized carbons (Fsp3) is 0.500. The molecular formula is C30H36N2O. The summed E-state index contributed by atoms with van der Waals surface area (Å²) in [4.78, 5) is 0. The van der Waals surface area contributed by atoms with E-state index in [4.69, 9.17) is 9.84 Å². The highest BCUT2D eigenvalue weighted by Crippen LogP contribution is 2.59. The molecule has 0 spiro atoms. The molecule has 0 aliphatic heterocycles. The van der Waals surface area contributed by atoms with Crippen molar-refractivity contribution in [1.29, 1.82) is 0 Å². The standard InChI is InChI=1S/C30H36N2O/c1-20(2)17-32-18-23-16-28-27-11-9-22-15-24(33-19-21-7-5-4-6-8-21)10-12-25(22)26(27)13-14-30(28,3)29(23)31-32/h4-8,10,12,15,18,20,26-28H,9,11,13-14,16-17,19H2,1-3H3/t26-,27-,28+,30+/m1/s1. The molecule has 6 rings (SSSR count). The van der Waals surface area contributed by atoms with Gasteiger partial charge in [0.15, 0.2) is 0 Å². The Hall–Kier alpha value is -2.55. The molecule has 3 heteroatoms. The molecule has 3 aliphatic carbocycles. The van der Waals surface area contributed by atoms with E-state index in [0.717, 1.165) is 24.1 Å². The van der Waals surface area contributed by atoms with E-state index in [0.29, 0.717) is 18.4 Å². The number of benzene rings is 2. The Bertz CT molecular complexity index is 1150. The molecule has 0 radical (unpaired) electrons. The lowest BCUT2D eigenvalue weighted by atomic mass is 9.55. The van der Waals surface area contributed by atoms with E-state index in [-0.39, 0.29) is 5.41 Å². The van der Waals surface area contributed by atoms with E-state index in [9.17, 15) is 0 Å². The van der Waals surface area contributed by atoms with Crippen LogP contribution in [0.25, 0.3) is 0 Å². The van der Waals surface area contributed by atoms with Crippen LogP contribution in [0.5, 0.6) is 5.75 Å². The molecule has 3 aliphatic rings. The minimum atomic E-state index is 0.259. The van der Waals surface area contributed by atoms with Crippen LogP contribution in [-0.4, -0.2) is 9.78 Å². The average Bonchev–Trinajstić information content (AvgIpc) is 3.33. The highest BCUT2D eigenvalue weighted by atomic mass is 16.5. The average molecular weight is 441 g/mol. The summed E-state index contributed by atoms with van der Waals surface area (Å²) in [5.41, 5.74) is 7.53. The van der Waals surface area contributed by atoms with Crippen LogP contribution in [0.15, 0.2) is 54.7 Å². The Morgan fingerprint density at radius 2 is 1.94 bits per heavy atom. The van der Waals surface area contributed by atoms with Crippen molar-refractivity contribution < 1.29 is 4.74 Å². The fourth-order valence-electron chi connectivity index (χ4n) is 7.18. The lowest BCUT2D eigenvalue weighted by Crippen LogP contribution is -2.43. The Labute approximate surface area is 198 Å². The van der Waals surface area contributed by atoms with Crippen LogP contribution in [0, 0.1) is 17.8 Å². The molecular weight excluding hydrogens is 404 g/mol. The van der Waals surface area contributed by atoms with Gasteiger partial charge in [-0.05, 0) is 90.2 Å². The maximum atomic E-state index is 6.14. The Morgan fingerprint density at radius 1 is 1.09 bits per heavy atom. The summed E-state index contributed by atoms with van der Waals surface area (Å²) < 4.78 is 8.36. The van der Waals surface area contributed by atoms with Crippen molar-refractivity contribution in [3.05, 3.63) is 82.7 Å². The lowest BCUT2D eigenvalue weighted by Gasteiger charge is -2.49. The van der Waals surface area contributed by atoms with Crippen molar-refractivity contribution >= 4 is 0 Å². The molecule has 3 aromatic rings. The fourth-order valence-corrected chi connectivity index (χ4v) is 7.18. The van der Waals surface area contributed by atoms with E-state index in [1.807, 2.05) is 0 Å². The molecule has 0 unspecified atom stereocenters. The van der Waals surface area contributed by atoms with E-state index in [1.54, 1.807) is 5.56 Å². The van der Waals surface area contributed by atoms with Gasteiger partial charge in [0.2, 0.25) is 0 Å². The maximum absolute atomic E-state index is 6.14. The van der Waals surface area contributed by atoms with Crippen molar-refractivity contribution in [2.75, 3.05) is 0 Å². The van der Waals surface area contributed by atoms with Gasteiger partial charge in [-0.2, -0.15) is 5.10 Å². The van der Waals surface area contributed by atoms with Gasteiger partial charge in [0.1, 0.15) is 12.4 Å². The quantitative estimate of drug-likeness (QED) is 0.442. The first-order valence-electron chi connectivity index (χ1n) is 12.9. The molecule has 172 valence electrons. The topological polar surface area (TPSA) is 27.1 Å². The van der Waals surface area contributed by atoms with E-state index < -0.39 is 0 Å². The van der Waals surface area contributed by atoms with Crippen molar-refractivity contribution in [2.24, 2.45) is 17.8 Å². The number of aryl methyl sites for hydroxylation is 1. The second-order valence-corrected chi connectivity index (χ2v) is 11.3. The molecule has 1 fully saturated rings. The Kier molecular flexibility index (Phi) is 5.12. The minimum absolute atomic E-state index is 0.259. The molecule has 4 atom stereocenters. The second kappa shape index (κ2) is 8.04. The first-order chi connectivity index (χ1) is 16.0. The van der Waals surface area contributed by atoms with Gasteiger partial charge in [0.25, 0.3) is 0 Å². The van der Waals surface area contributed by atoms with Crippen molar-refractivity contribution in [2.45, 2.75) is 77.4 Å². The van der Waals surface area contributed by atoms with Crippen molar-refractivity contribution in [3.8, 4) is 5.75 Å². The Morgan fingerprint density at radius 3 is 2.76 bits per heavy atom. The number of hydrogen-bond donors (Lipinski definition) is 0. The van der Waals surface area contributed by atoms with Gasteiger partial charge >= 0.3 is 0 Å². The smallest absolute Gasteiger partial charge is 0.120 e. The van der Waals surface area contributed by atoms with Gasteiger partial charge < -0.3 is 4.74 Å². The largest absolute Gasteiger partial charge is 0.489 e. The summed E-state index contributed by atoms with van der Waals surface area (Å²) in [6.45, 7) is 8.74. The molecule has 0 N–H and O–H groups in total. The lowest BCUT2D eigenvalue weighted by molar-refractivity contribution is 0.102. The minimum Gasteiger partial charge on any atom is -0.489 e. The normalized spacial score (nSPS) is 27.6. The molecule has 0 bridgehead atoms. The SMILES string of the molecule is CC(C)Cn1cc2c(n1)[C@@]1(C)CC[C@@H]3c4ccc(OCc5ccccc5)cc4CC[C@H]3[C@@H]1C2. The summed E-state index contributed by atoms with van der Waals surface area (Å²) in [7, 11) is 0. The number of ether oxygens (including phenoxy) is 1. The van der Waals surface area contributed by atoms with Gasteiger partial charge in [-0.15, -0.1) is 0 Å². The summed E-state index contributed by atoms with van der Waals surface area (Å²) in [6, 6.07) is 17.4. The van der Waals surface area contributed by atoms with Gasteiger partial charge in [0.05, 0.1) is 5.69 Å². The third-order valence-corrected chi connectivity index (χ3v) is 8.71. The van der Waals surface area contributed by atoms with Crippen LogP contribution in [0.4, 0.5) is 0 Å². The molecule has 1 heterocycles. The summed E-state index contributed by atoms with van der Waals surface area (Å²) in [6.07, 6.45) is 8.61. The van der Waals surface area contributed by atoms with Gasteiger partial charge in [0, 0.05) is 18.2 Å². The molecule has 0 amide bonds. The van der Waals surface area contributed by atoms with Crippen LogP contribution in [-0.2, 0) is 31.4 Å². The van der Waals surface area contributed by atoms with E-state index in [1.165, 1.54) is 54.5 Å². The predicted octanol–water partition coefficient (Wildman–Crippen LogP) is 6.69. The Balaban J connectivity index is 1.20. The van der Waals surface area contributed by atoms with Crippen LogP contribution in [0.1, 0.15) is 73.9 Å². The molecule has 1 aromatic heterocycles. The summed E-state index contributed by atoms with van der Waals surface area (Å²) >= 11 is 0. The second-order valence-electron chi connectivity index (χ2n) is 11.3.